The van der Waals surface area contributed by atoms with E-state index in [-0.39, 0.29) is 19.2 Å². The highest BCUT2D eigenvalue weighted by atomic mass is 32.2. The first-order chi connectivity index (χ1) is 17.5. The molecule has 0 aliphatic carbocycles. The van der Waals surface area contributed by atoms with Crippen LogP contribution in [0.15, 0.2) is 0 Å². The minimum Gasteiger partial charge on any atom is -0.344 e. The monoisotopic (exact) mass is 551 g/mol. The summed E-state index contributed by atoms with van der Waals surface area (Å²) in [5.74, 6) is 0. The van der Waals surface area contributed by atoms with Crippen LogP contribution in [0, 0.1) is 0 Å². The fourth-order valence-electron chi connectivity index (χ4n) is 4.84. The van der Waals surface area contributed by atoms with Crippen LogP contribution in [0.3, 0.4) is 0 Å². The maximum Gasteiger partial charge on any atom is 0.299 e. The van der Waals surface area contributed by atoms with Crippen molar-refractivity contribution in [2.24, 2.45) is 0 Å². The fourth-order valence-corrected chi connectivity index (χ4v) is 5.79. The van der Waals surface area contributed by atoms with Crippen LogP contribution in [0.2, 0.25) is 0 Å². The normalized spacial score (nSPS) is 12.5. The molecule has 0 radical (unpaired) electrons. The van der Waals surface area contributed by atoms with Crippen LogP contribution in [0.1, 0.15) is 187 Å². The highest BCUT2D eigenvalue weighted by Crippen LogP contribution is 2.18. The molecule has 0 amide bonds. The lowest BCUT2D eigenvalue weighted by molar-refractivity contribution is 0.270. The predicted molar refractivity (Wildman–Crippen MR) is 161 cm³/mol. The van der Waals surface area contributed by atoms with Crippen molar-refractivity contribution in [3.8, 4) is 0 Å². The lowest BCUT2D eigenvalue weighted by atomic mass is 10.0. The van der Waals surface area contributed by atoms with Crippen molar-refractivity contribution in [1.29, 1.82) is 0 Å². The molecule has 0 fully saturated rings. The molecule has 0 aromatic carbocycles. The van der Waals surface area contributed by atoms with Gasteiger partial charge in [0.1, 0.15) is 0 Å². The third kappa shape index (κ3) is 28.6. The van der Waals surface area contributed by atoms with E-state index in [4.69, 9.17) is 4.18 Å². The first kappa shape index (κ1) is 38.9. The number of hydrogen-bond donors (Lipinski definition) is 1. The van der Waals surface area contributed by atoms with Gasteiger partial charge in [0.05, 0.1) is 6.61 Å². The summed E-state index contributed by atoms with van der Waals surface area (Å²) in [4.78, 5) is 0. The number of unbranched alkanes of at least 4 members (excludes halogenated alkanes) is 24. The van der Waals surface area contributed by atoms with E-state index < -0.39 is 15.6 Å². The Labute approximate surface area is 232 Å². The first-order valence-corrected chi connectivity index (χ1v) is 17.5. The number of rotatable bonds is 30. The second-order valence-electron chi connectivity index (χ2n) is 11.0. The van der Waals surface area contributed by atoms with Gasteiger partial charge in [-0.1, -0.05) is 168 Å². The van der Waals surface area contributed by atoms with Crippen LogP contribution >= 0.6 is 0 Å². The smallest absolute Gasteiger partial charge is 0.299 e. The average Bonchev–Trinajstić information content (AvgIpc) is 2.86. The molecule has 0 saturated carbocycles. The van der Waals surface area contributed by atoms with Gasteiger partial charge in [-0.05, 0) is 19.3 Å². The van der Waals surface area contributed by atoms with Crippen molar-refractivity contribution in [3.05, 3.63) is 0 Å². The third-order valence-corrected chi connectivity index (χ3v) is 8.70. The molecule has 226 valence electrons. The molecule has 37 heavy (non-hydrogen) atoms. The van der Waals surface area contributed by atoms with Crippen molar-refractivity contribution in [1.82, 2.24) is 6.15 Å². The number of halogens is 1. The predicted octanol–water partition coefficient (Wildman–Crippen LogP) is 11.4. The molecule has 1 atom stereocenters. The summed E-state index contributed by atoms with van der Waals surface area (Å²) in [6, 6.07) is 0. The van der Waals surface area contributed by atoms with Crippen molar-refractivity contribution < 1.29 is 17.0 Å². The van der Waals surface area contributed by atoms with Gasteiger partial charge in [-0.3, -0.25) is 4.18 Å². The Bertz CT molecular complexity index is 531. The van der Waals surface area contributed by atoms with E-state index in [1.54, 1.807) is 0 Å². The Morgan fingerprint density at radius 3 is 1.08 bits per heavy atom. The van der Waals surface area contributed by atoms with Crippen LogP contribution in [-0.4, -0.2) is 20.5 Å². The van der Waals surface area contributed by atoms with Crippen molar-refractivity contribution in [2.75, 3.05) is 6.61 Å². The Morgan fingerprint density at radius 2 is 0.757 bits per heavy atom. The van der Waals surface area contributed by atoms with Crippen LogP contribution in [0.4, 0.5) is 4.39 Å². The highest BCUT2D eigenvalue weighted by Gasteiger charge is 2.25. The fraction of sp³-hybridized carbons (Fsp3) is 1.00. The van der Waals surface area contributed by atoms with Crippen molar-refractivity contribution in [2.45, 2.75) is 193 Å². The van der Waals surface area contributed by atoms with E-state index in [0.29, 0.717) is 12.8 Å². The molecule has 0 aromatic rings. The average molecular weight is 552 g/mol. The number of alkyl halides is 1. The molecular weight excluding hydrogens is 485 g/mol. The van der Waals surface area contributed by atoms with Gasteiger partial charge in [-0.2, -0.15) is 8.42 Å². The molecule has 0 aliphatic heterocycles. The van der Waals surface area contributed by atoms with Gasteiger partial charge in [-0.25, -0.2) is 4.39 Å². The maximum absolute atomic E-state index is 14.1. The van der Waals surface area contributed by atoms with E-state index >= 15 is 0 Å². The first-order valence-electron chi connectivity index (χ1n) is 16.1. The molecule has 0 spiro atoms. The molecule has 0 aromatic heterocycles. The SMILES string of the molecule is CCCCCCCCCCCCCCCCCCCCOS(=O)(=O)C(F)CCCCCCCCCC.N. The molecule has 0 aliphatic rings. The molecule has 1 unspecified atom stereocenters. The molecule has 0 heterocycles. The van der Waals surface area contributed by atoms with Crippen molar-refractivity contribution >= 4 is 10.1 Å². The van der Waals surface area contributed by atoms with Crippen molar-refractivity contribution in [3.63, 3.8) is 0 Å². The summed E-state index contributed by atoms with van der Waals surface area (Å²) in [5.41, 5.74) is -1.87. The summed E-state index contributed by atoms with van der Waals surface area (Å²) in [5, 5.41) is 0. The zero-order valence-electron chi connectivity index (χ0n) is 25.1. The third-order valence-electron chi connectivity index (χ3n) is 7.34. The van der Waals surface area contributed by atoms with Crippen LogP contribution in [0.25, 0.3) is 0 Å². The Balaban J connectivity index is 0. The molecule has 0 bridgehead atoms. The Morgan fingerprint density at radius 1 is 0.486 bits per heavy atom. The molecule has 6 heteroatoms. The quantitative estimate of drug-likeness (QED) is 0.0711. The van der Waals surface area contributed by atoms with E-state index in [9.17, 15) is 12.8 Å². The summed E-state index contributed by atoms with van der Waals surface area (Å²) in [7, 11) is -4.05. The largest absolute Gasteiger partial charge is 0.344 e. The van der Waals surface area contributed by atoms with Gasteiger partial charge in [0, 0.05) is 0 Å². The molecule has 0 saturated heterocycles. The molecule has 4 nitrogen and oxygen atoms in total. The molecular formula is C31H66FNO3S. The minimum atomic E-state index is -4.05. The summed E-state index contributed by atoms with van der Waals surface area (Å²) >= 11 is 0. The zero-order chi connectivity index (χ0) is 26.6. The van der Waals surface area contributed by atoms with Gasteiger partial charge in [-0.15, -0.1) is 0 Å². The summed E-state index contributed by atoms with van der Waals surface area (Å²) in [6.45, 7) is 4.60. The minimum absolute atomic E-state index is 0. The lowest BCUT2D eigenvalue weighted by Gasteiger charge is -2.10. The summed E-state index contributed by atoms with van der Waals surface area (Å²) in [6.07, 6.45) is 32.1. The van der Waals surface area contributed by atoms with Gasteiger partial charge < -0.3 is 6.15 Å². The second kappa shape index (κ2) is 30.3. The van der Waals surface area contributed by atoms with Crippen LogP contribution in [-0.2, 0) is 14.3 Å². The van der Waals surface area contributed by atoms with Crippen LogP contribution in [0.5, 0.6) is 0 Å². The van der Waals surface area contributed by atoms with Gasteiger partial charge in [0.15, 0.2) is 0 Å². The summed E-state index contributed by atoms with van der Waals surface area (Å²) < 4.78 is 42.9. The van der Waals surface area contributed by atoms with Gasteiger partial charge >= 0.3 is 0 Å². The van der Waals surface area contributed by atoms with E-state index in [2.05, 4.69) is 13.8 Å². The van der Waals surface area contributed by atoms with Gasteiger partial charge in [0.2, 0.25) is 5.50 Å². The maximum atomic E-state index is 14.1. The van der Waals surface area contributed by atoms with E-state index in [0.717, 1.165) is 25.7 Å². The zero-order valence-corrected chi connectivity index (χ0v) is 25.9. The lowest BCUT2D eigenvalue weighted by Crippen LogP contribution is -2.19. The van der Waals surface area contributed by atoms with E-state index in [1.165, 1.54) is 128 Å². The second-order valence-corrected chi connectivity index (χ2v) is 12.7. The highest BCUT2D eigenvalue weighted by molar-refractivity contribution is 7.87. The van der Waals surface area contributed by atoms with Gasteiger partial charge in [0.25, 0.3) is 10.1 Å². The topological polar surface area (TPSA) is 78.4 Å². The Kier molecular flexibility index (Phi) is 31.9. The molecule has 3 N–H and O–H groups in total. The molecule has 0 rings (SSSR count). The Hall–Kier alpha value is -0.200. The van der Waals surface area contributed by atoms with Crippen LogP contribution < -0.4 is 6.15 Å². The standard InChI is InChI=1S/C31H63FO3S.H3N/c1-3-5-7-9-11-13-14-15-16-17-18-19-20-21-22-24-26-28-30-35-36(33,34)31(32)29-27-25-23-12-10-8-6-4-2;/h31H,3-30H2,1-2H3;1H3. The van der Waals surface area contributed by atoms with E-state index in [1.807, 2.05) is 0 Å². The number of hydrogen-bond acceptors (Lipinski definition) is 4.